The number of likely N-dealkylation sites (N-methyl/N-ethyl adjacent to an activating group) is 1. The van der Waals surface area contributed by atoms with Gasteiger partial charge in [-0.15, -0.1) is 5.10 Å². The van der Waals surface area contributed by atoms with Crippen molar-refractivity contribution in [3.8, 4) is 0 Å². The van der Waals surface area contributed by atoms with Crippen molar-refractivity contribution in [2.45, 2.75) is 51.2 Å². The molecule has 0 saturated heterocycles. The lowest BCUT2D eigenvalue weighted by Crippen LogP contribution is -2.33. The van der Waals surface area contributed by atoms with Gasteiger partial charge < -0.3 is 4.90 Å². The van der Waals surface area contributed by atoms with Crippen LogP contribution in [-0.2, 0) is 21.2 Å². The van der Waals surface area contributed by atoms with Crippen LogP contribution in [-0.4, -0.2) is 47.1 Å². The fraction of sp³-hybridized carbons (Fsp3) is 0.471. The standard InChI is InChI=1S/C17H24N4O3S/c1-6-20(7-2)15(22)10-21-11-18-17(19-21)25(23,24)16-13(4)8-12(3)9-14(16)5/h8-9,11H,6-7,10H2,1-5H3. The van der Waals surface area contributed by atoms with E-state index in [4.69, 9.17) is 0 Å². The van der Waals surface area contributed by atoms with Crippen molar-refractivity contribution < 1.29 is 13.2 Å². The number of aryl methyl sites for hydroxylation is 3. The summed E-state index contributed by atoms with van der Waals surface area (Å²) in [5.74, 6) is -0.124. The highest BCUT2D eigenvalue weighted by Crippen LogP contribution is 2.26. The number of benzene rings is 1. The van der Waals surface area contributed by atoms with Gasteiger partial charge >= 0.3 is 0 Å². The van der Waals surface area contributed by atoms with Crippen molar-refractivity contribution in [3.63, 3.8) is 0 Å². The number of aromatic nitrogens is 3. The molecular weight excluding hydrogens is 340 g/mol. The molecule has 0 bridgehead atoms. The third-order valence-corrected chi connectivity index (χ3v) is 5.89. The molecule has 0 aliphatic carbocycles. The SMILES string of the molecule is CCN(CC)C(=O)Cn1cnc(S(=O)(=O)c2c(C)cc(C)cc2C)n1. The van der Waals surface area contributed by atoms with Crippen LogP contribution in [0.1, 0.15) is 30.5 Å². The quantitative estimate of drug-likeness (QED) is 0.781. The van der Waals surface area contributed by atoms with Gasteiger partial charge in [0.2, 0.25) is 15.7 Å². The van der Waals surface area contributed by atoms with Crippen LogP contribution in [0.25, 0.3) is 0 Å². The molecule has 25 heavy (non-hydrogen) atoms. The molecule has 0 unspecified atom stereocenters. The van der Waals surface area contributed by atoms with Gasteiger partial charge in [-0.05, 0) is 45.7 Å². The van der Waals surface area contributed by atoms with Crippen molar-refractivity contribution in [2.24, 2.45) is 0 Å². The minimum atomic E-state index is -3.83. The molecule has 0 N–H and O–H groups in total. The van der Waals surface area contributed by atoms with Crippen LogP contribution >= 0.6 is 0 Å². The Kier molecular flexibility index (Phi) is 5.62. The Morgan fingerprint density at radius 2 is 1.68 bits per heavy atom. The smallest absolute Gasteiger partial charge is 0.271 e. The maximum Gasteiger partial charge on any atom is 0.271 e. The number of amides is 1. The number of carbonyl (C=O) groups excluding carboxylic acids is 1. The van der Waals surface area contributed by atoms with Gasteiger partial charge in [0.15, 0.2) is 0 Å². The summed E-state index contributed by atoms with van der Waals surface area (Å²) in [6.07, 6.45) is 1.28. The number of sulfone groups is 1. The van der Waals surface area contributed by atoms with Crippen molar-refractivity contribution in [2.75, 3.05) is 13.1 Å². The van der Waals surface area contributed by atoms with Crippen LogP contribution in [0, 0.1) is 20.8 Å². The fourth-order valence-electron chi connectivity index (χ4n) is 2.97. The number of rotatable bonds is 6. The molecule has 1 heterocycles. The second-order valence-corrected chi connectivity index (χ2v) is 7.80. The summed E-state index contributed by atoms with van der Waals surface area (Å²) >= 11 is 0. The Morgan fingerprint density at radius 3 is 2.20 bits per heavy atom. The lowest BCUT2D eigenvalue weighted by atomic mass is 10.1. The summed E-state index contributed by atoms with van der Waals surface area (Å²) in [7, 11) is -3.83. The Bertz CT molecular complexity index is 860. The largest absolute Gasteiger partial charge is 0.342 e. The van der Waals surface area contributed by atoms with Gasteiger partial charge in [-0.25, -0.2) is 18.1 Å². The molecule has 2 rings (SSSR count). The Morgan fingerprint density at radius 1 is 1.12 bits per heavy atom. The lowest BCUT2D eigenvalue weighted by Gasteiger charge is -2.18. The van der Waals surface area contributed by atoms with Crippen LogP contribution in [0.3, 0.4) is 0 Å². The van der Waals surface area contributed by atoms with E-state index in [1.54, 1.807) is 18.7 Å². The Hall–Kier alpha value is -2.22. The third kappa shape index (κ3) is 3.89. The monoisotopic (exact) mass is 364 g/mol. The predicted molar refractivity (Wildman–Crippen MR) is 94.1 cm³/mol. The summed E-state index contributed by atoms with van der Waals surface area (Å²) in [6.45, 7) is 10.4. The zero-order valence-electron chi connectivity index (χ0n) is 15.3. The number of hydrogen-bond donors (Lipinski definition) is 0. The molecule has 0 fully saturated rings. The molecule has 8 heteroatoms. The van der Waals surface area contributed by atoms with Crippen molar-refractivity contribution >= 4 is 15.7 Å². The van der Waals surface area contributed by atoms with Crippen LogP contribution < -0.4 is 0 Å². The highest BCUT2D eigenvalue weighted by Gasteiger charge is 2.27. The molecular formula is C17H24N4O3S. The van der Waals surface area contributed by atoms with Crippen molar-refractivity contribution in [1.82, 2.24) is 19.7 Å². The predicted octanol–water partition coefficient (Wildman–Crippen LogP) is 1.90. The van der Waals surface area contributed by atoms with Crippen LogP contribution in [0.15, 0.2) is 28.5 Å². The molecule has 0 radical (unpaired) electrons. The summed E-state index contributed by atoms with van der Waals surface area (Å²) in [5.41, 5.74) is 2.32. The second-order valence-electron chi connectivity index (χ2n) is 6.02. The summed E-state index contributed by atoms with van der Waals surface area (Å²) in [5, 5.41) is 3.74. The van der Waals surface area contributed by atoms with Gasteiger partial charge in [-0.1, -0.05) is 17.7 Å². The first-order valence-electron chi connectivity index (χ1n) is 8.20. The van der Waals surface area contributed by atoms with Gasteiger partial charge in [-0.2, -0.15) is 0 Å². The molecule has 0 aliphatic rings. The van der Waals surface area contributed by atoms with Gasteiger partial charge in [0, 0.05) is 13.1 Å². The average molecular weight is 364 g/mol. The molecule has 0 spiro atoms. The molecule has 1 amide bonds. The minimum Gasteiger partial charge on any atom is -0.342 e. The number of carbonyl (C=O) groups is 1. The van der Waals surface area contributed by atoms with E-state index in [1.807, 2.05) is 32.9 Å². The summed E-state index contributed by atoms with van der Waals surface area (Å²) in [4.78, 5) is 17.9. The average Bonchev–Trinajstić information content (AvgIpc) is 2.96. The minimum absolute atomic E-state index is 0.0317. The first-order chi connectivity index (χ1) is 11.7. The van der Waals surface area contributed by atoms with Crippen molar-refractivity contribution in [1.29, 1.82) is 0 Å². The molecule has 2 aromatic rings. The Labute approximate surface area is 148 Å². The zero-order valence-corrected chi connectivity index (χ0v) is 16.1. The van der Waals surface area contributed by atoms with E-state index in [0.717, 1.165) is 5.56 Å². The van der Waals surface area contributed by atoms with E-state index in [9.17, 15) is 13.2 Å². The number of nitrogens with zero attached hydrogens (tertiary/aromatic N) is 4. The van der Waals surface area contributed by atoms with Gasteiger partial charge in [0.25, 0.3) is 5.16 Å². The van der Waals surface area contributed by atoms with E-state index in [0.29, 0.717) is 24.2 Å². The zero-order chi connectivity index (χ0) is 18.8. The topological polar surface area (TPSA) is 85.2 Å². The molecule has 0 atom stereocenters. The van der Waals surface area contributed by atoms with Crippen LogP contribution in [0.2, 0.25) is 0 Å². The van der Waals surface area contributed by atoms with Crippen LogP contribution in [0.4, 0.5) is 0 Å². The first-order valence-corrected chi connectivity index (χ1v) is 9.69. The maximum atomic E-state index is 12.9. The molecule has 136 valence electrons. The van der Waals surface area contributed by atoms with E-state index in [2.05, 4.69) is 10.1 Å². The van der Waals surface area contributed by atoms with Gasteiger partial charge in [0.1, 0.15) is 12.9 Å². The van der Waals surface area contributed by atoms with E-state index >= 15 is 0 Å². The molecule has 0 saturated carbocycles. The lowest BCUT2D eigenvalue weighted by molar-refractivity contribution is -0.131. The number of hydrogen-bond acceptors (Lipinski definition) is 5. The molecule has 7 nitrogen and oxygen atoms in total. The summed E-state index contributed by atoms with van der Waals surface area (Å²) < 4.78 is 27.1. The second kappa shape index (κ2) is 7.35. The van der Waals surface area contributed by atoms with Crippen molar-refractivity contribution in [3.05, 3.63) is 35.2 Å². The third-order valence-electron chi connectivity index (χ3n) is 4.04. The molecule has 1 aromatic heterocycles. The maximum absolute atomic E-state index is 12.9. The highest BCUT2D eigenvalue weighted by molar-refractivity contribution is 7.91. The van der Waals surface area contributed by atoms with Crippen LogP contribution in [0.5, 0.6) is 0 Å². The van der Waals surface area contributed by atoms with Gasteiger partial charge in [-0.3, -0.25) is 4.79 Å². The first kappa shape index (κ1) is 19.1. The van der Waals surface area contributed by atoms with E-state index < -0.39 is 9.84 Å². The Balaban J connectivity index is 2.34. The molecule has 0 aliphatic heterocycles. The molecule has 1 aromatic carbocycles. The van der Waals surface area contributed by atoms with Gasteiger partial charge in [0.05, 0.1) is 4.90 Å². The van der Waals surface area contributed by atoms with E-state index in [-0.39, 0.29) is 22.5 Å². The van der Waals surface area contributed by atoms with E-state index in [1.165, 1.54) is 11.0 Å². The highest BCUT2D eigenvalue weighted by atomic mass is 32.2. The normalized spacial score (nSPS) is 11.6. The fourth-order valence-corrected chi connectivity index (χ4v) is 4.52. The summed E-state index contributed by atoms with van der Waals surface area (Å²) in [6, 6.07) is 3.64.